The van der Waals surface area contributed by atoms with Gasteiger partial charge >= 0.3 is 6.01 Å². The summed E-state index contributed by atoms with van der Waals surface area (Å²) in [4.78, 5) is 22.8. The number of hydrogen-bond donors (Lipinski definition) is 3. The van der Waals surface area contributed by atoms with Crippen molar-refractivity contribution in [2.24, 2.45) is 0 Å². The van der Waals surface area contributed by atoms with Crippen molar-refractivity contribution in [3.8, 4) is 6.01 Å². The van der Waals surface area contributed by atoms with Crippen LogP contribution < -0.4 is 15.4 Å². The number of aromatic nitrogens is 4. The van der Waals surface area contributed by atoms with Crippen LogP contribution in [0.3, 0.4) is 0 Å². The van der Waals surface area contributed by atoms with Crippen LogP contribution in [0.1, 0.15) is 19.4 Å². The summed E-state index contributed by atoms with van der Waals surface area (Å²) in [6, 6.07) is 12.4. The Morgan fingerprint density at radius 3 is 2.67 bits per heavy atom. The third-order valence-electron chi connectivity index (χ3n) is 5.62. The Bertz CT molecular complexity index is 1330. The first-order valence-corrected chi connectivity index (χ1v) is 12.0. The van der Waals surface area contributed by atoms with Crippen LogP contribution in [0.4, 0.5) is 21.7 Å². The van der Waals surface area contributed by atoms with E-state index in [1.807, 2.05) is 0 Å². The van der Waals surface area contributed by atoms with Gasteiger partial charge in [-0.05, 0) is 49.0 Å². The van der Waals surface area contributed by atoms with Crippen molar-refractivity contribution < 1.29 is 13.9 Å². The molecule has 2 aromatic carbocycles. The molecule has 0 atom stereocenters. The molecule has 0 radical (unpaired) electrons. The van der Waals surface area contributed by atoms with Crippen molar-refractivity contribution >= 4 is 45.7 Å². The van der Waals surface area contributed by atoms with Crippen molar-refractivity contribution in [2.75, 3.05) is 36.9 Å². The molecule has 0 aliphatic carbocycles. The highest BCUT2D eigenvalue weighted by atomic mass is 35.5. The number of H-pyrrole nitrogens is 1. The minimum Gasteiger partial charge on any atom is -0.462 e. The third kappa shape index (κ3) is 6.46. The lowest BCUT2D eigenvalue weighted by Gasteiger charge is -2.17. The lowest BCUT2D eigenvalue weighted by Crippen LogP contribution is -2.28. The summed E-state index contributed by atoms with van der Waals surface area (Å²) >= 11 is 5.90. The zero-order chi connectivity index (χ0) is 25.5. The van der Waals surface area contributed by atoms with Gasteiger partial charge in [0.15, 0.2) is 17.5 Å². The highest BCUT2D eigenvalue weighted by molar-refractivity contribution is 6.30. The molecule has 3 N–H and O–H groups in total. The van der Waals surface area contributed by atoms with E-state index in [1.54, 1.807) is 42.5 Å². The Morgan fingerprint density at radius 1 is 1.14 bits per heavy atom. The number of benzene rings is 2. The summed E-state index contributed by atoms with van der Waals surface area (Å²) < 4.78 is 20.0. The minimum atomic E-state index is -0.616. The van der Waals surface area contributed by atoms with Crippen LogP contribution in [0.5, 0.6) is 6.01 Å². The van der Waals surface area contributed by atoms with Gasteiger partial charge in [0.05, 0.1) is 18.1 Å². The van der Waals surface area contributed by atoms with Gasteiger partial charge < -0.3 is 20.3 Å². The zero-order valence-corrected chi connectivity index (χ0v) is 20.8. The summed E-state index contributed by atoms with van der Waals surface area (Å²) in [5.41, 5.74) is 2.10. The van der Waals surface area contributed by atoms with Gasteiger partial charge in [0.25, 0.3) is 0 Å². The first kappa shape index (κ1) is 25.3. The highest BCUT2D eigenvalue weighted by Crippen LogP contribution is 2.27. The molecule has 4 aromatic rings. The van der Waals surface area contributed by atoms with E-state index in [0.717, 1.165) is 31.4 Å². The van der Waals surface area contributed by atoms with Crippen molar-refractivity contribution in [3.05, 3.63) is 65.1 Å². The molecule has 4 rings (SSSR count). The fourth-order valence-corrected chi connectivity index (χ4v) is 3.73. The lowest BCUT2D eigenvalue weighted by molar-refractivity contribution is -0.115. The number of carbonyl (C=O) groups is 1. The van der Waals surface area contributed by atoms with Gasteiger partial charge in [0.2, 0.25) is 5.91 Å². The Hall–Kier alpha value is -3.76. The number of likely N-dealkylation sites (N-methyl/N-ethyl adjacent to an activating group) is 1. The molecule has 36 heavy (non-hydrogen) atoms. The average molecular weight is 512 g/mol. The van der Waals surface area contributed by atoms with E-state index in [4.69, 9.17) is 16.3 Å². The first-order valence-electron chi connectivity index (χ1n) is 11.6. The van der Waals surface area contributed by atoms with Gasteiger partial charge in [-0.2, -0.15) is 10.1 Å². The minimum absolute atomic E-state index is 0.0148. The quantitative estimate of drug-likeness (QED) is 0.265. The maximum absolute atomic E-state index is 14.4. The Balaban J connectivity index is 1.45. The number of amides is 1. The molecular weight excluding hydrogens is 485 g/mol. The molecule has 9 nitrogen and oxygen atoms in total. The molecule has 2 aromatic heterocycles. The van der Waals surface area contributed by atoms with E-state index in [2.05, 4.69) is 49.5 Å². The van der Waals surface area contributed by atoms with E-state index in [0.29, 0.717) is 34.0 Å². The molecular formula is C25H27ClFN7O2. The number of hydrogen-bond acceptors (Lipinski definition) is 7. The normalized spacial score (nSPS) is 11.1. The molecule has 1 amide bonds. The van der Waals surface area contributed by atoms with E-state index < -0.39 is 5.82 Å². The number of fused-ring (bicyclic) bond motifs is 1. The standard InChI is InChI=1S/C25H27ClFN7O2/c1-3-34(4-2)11-12-36-25-28-15-20(27)24(31-25)29-18-9-10-21-19(14-18)23(33-32-21)30-22(35)13-16-5-7-17(26)8-6-16/h5-10,14-15H,3-4,11-13H2,1-2H3,(H,28,29,31)(H2,30,32,33,35). The number of ether oxygens (including phenoxy) is 1. The van der Waals surface area contributed by atoms with Crippen LogP contribution in [0.2, 0.25) is 5.02 Å². The topological polar surface area (TPSA) is 108 Å². The van der Waals surface area contributed by atoms with Crippen LogP contribution in [0.15, 0.2) is 48.7 Å². The van der Waals surface area contributed by atoms with Crippen LogP contribution >= 0.6 is 11.6 Å². The molecule has 0 saturated heterocycles. The van der Waals surface area contributed by atoms with Crippen molar-refractivity contribution in [1.82, 2.24) is 25.1 Å². The highest BCUT2D eigenvalue weighted by Gasteiger charge is 2.13. The smallest absolute Gasteiger partial charge is 0.318 e. The van der Waals surface area contributed by atoms with Crippen LogP contribution in [-0.2, 0) is 11.2 Å². The van der Waals surface area contributed by atoms with E-state index in [-0.39, 0.29) is 24.2 Å². The van der Waals surface area contributed by atoms with Crippen molar-refractivity contribution in [3.63, 3.8) is 0 Å². The molecule has 11 heteroatoms. The van der Waals surface area contributed by atoms with E-state index in [9.17, 15) is 9.18 Å². The van der Waals surface area contributed by atoms with Gasteiger partial charge in [0, 0.05) is 22.6 Å². The first-order chi connectivity index (χ1) is 17.4. The van der Waals surface area contributed by atoms with E-state index >= 15 is 0 Å². The van der Waals surface area contributed by atoms with Crippen molar-refractivity contribution in [2.45, 2.75) is 20.3 Å². The summed E-state index contributed by atoms with van der Waals surface area (Å²) in [7, 11) is 0. The second-order valence-electron chi connectivity index (χ2n) is 8.03. The maximum atomic E-state index is 14.4. The monoisotopic (exact) mass is 511 g/mol. The molecule has 0 aliphatic heterocycles. The lowest BCUT2D eigenvalue weighted by atomic mass is 10.1. The van der Waals surface area contributed by atoms with E-state index in [1.165, 1.54) is 0 Å². The second kappa shape index (κ2) is 11.8. The third-order valence-corrected chi connectivity index (χ3v) is 5.87. The number of rotatable bonds is 11. The molecule has 0 fully saturated rings. The number of halogens is 2. The predicted molar refractivity (Wildman–Crippen MR) is 138 cm³/mol. The van der Waals surface area contributed by atoms with Crippen LogP contribution in [0, 0.1) is 5.82 Å². The van der Waals surface area contributed by atoms with Gasteiger partial charge in [-0.25, -0.2) is 9.37 Å². The molecule has 0 spiro atoms. The second-order valence-corrected chi connectivity index (χ2v) is 8.47. The summed E-state index contributed by atoms with van der Waals surface area (Å²) in [6.07, 6.45) is 1.24. The molecule has 2 heterocycles. The summed E-state index contributed by atoms with van der Waals surface area (Å²) in [6.45, 7) is 7.10. The summed E-state index contributed by atoms with van der Waals surface area (Å²) in [5, 5.41) is 14.1. The molecule has 188 valence electrons. The number of anilines is 3. The van der Waals surface area contributed by atoms with Gasteiger partial charge in [-0.1, -0.05) is 37.6 Å². The number of nitrogens with zero attached hydrogens (tertiary/aromatic N) is 4. The van der Waals surface area contributed by atoms with Crippen LogP contribution in [-0.4, -0.2) is 57.2 Å². The molecule has 0 saturated carbocycles. The number of nitrogens with one attached hydrogen (secondary N) is 3. The van der Waals surface area contributed by atoms with Crippen LogP contribution in [0.25, 0.3) is 10.9 Å². The fourth-order valence-electron chi connectivity index (χ4n) is 3.60. The summed E-state index contributed by atoms with van der Waals surface area (Å²) in [5.74, 6) is -0.484. The Labute approximate surface area is 213 Å². The number of carbonyl (C=O) groups excluding carboxylic acids is 1. The predicted octanol–water partition coefficient (Wildman–Crippen LogP) is 4.79. The average Bonchev–Trinajstić information content (AvgIpc) is 3.27. The SMILES string of the molecule is CCN(CC)CCOc1ncc(F)c(Nc2ccc3[nH]nc(NC(=O)Cc4ccc(Cl)cc4)c3c2)n1. The Kier molecular flexibility index (Phi) is 8.29. The fraction of sp³-hybridized carbons (Fsp3) is 0.280. The van der Waals surface area contributed by atoms with Gasteiger partial charge in [-0.15, -0.1) is 0 Å². The Morgan fingerprint density at radius 2 is 1.92 bits per heavy atom. The largest absolute Gasteiger partial charge is 0.462 e. The molecule has 0 bridgehead atoms. The molecule has 0 unspecified atom stereocenters. The van der Waals surface area contributed by atoms with Gasteiger partial charge in [-0.3, -0.25) is 9.89 Å². The molecule has 0 aliphatic rings. The number of aromatic amines is 1. The van der Waals surface area contributed by atoms with Crippen molar-refractivity contribution in [1.29, 1.82) is 0 Å². The zero-order valence-electron chi connectivity index (χ0n) is 20.0. The maximum Gasteiger partial charge on any atom is 0.318 e. The van der Waals surface area contributed by atoms with Gasteiger partial charge in [0.1, 0.15) is 6.61 Å².